The van der Waals surface area contributed by atoms with Crippen LogP contribution in [0.3, 0.4) is 0 Å². The Kier molecular flexibility index (Phi) is 9.77. The van der Waals surface area contributed by atoms with E-state index in [1.54, 1.807) is 0 Å². The molecular formula is C11H18O5S. The lowest BCUT2D eigenvalue weighted by atomic mass is 10.7. The average Bonchev–Trinajstić information content (AvgIpc) is 2.31. The van der Waals surface area contributed by atoms with Crippen LogP contribution in [0, 0.1) is 12.3 Å². The first-order valence-electron chi connectivity index (χ1n) is 5.14. The van der Waals surface area contributed by atoms with E-state index in [4.69, 9.17) is 20.6 Å². The van der Waals surface area contributed by atoms with Crippen LogP contribution in [0.5, 0.6) is 0 Å². The molecule has 0 saturated carbocycles. The molecule has 0 radical (unpaired) electrons. The predicted octanol–water partition coefficient (Wildman–Crippen LogP) is 0.228. The monoisotopic (exact) mass is 262 g/mol. The molecule has 0 spiro atoms. The van der Waals surface area contributed by atoms with Crippen molar-refractivity contribution in [3.8, 4) is 12.3 Å². The third-order valence-corrected chi connectivity index (χ3v) is 2.94. The minimum absolute atomic E-state index is 0.0538. The first kappa shape index (κ1) is 16.1. The summed E-state index contributed by atoms with van der Waals surface area (Å²) in [6.07, 6.45) is 4.98. The van der Waals surface area contributed by atoms with E-state index in [-0.39, 0.29) is 19.0 Å². The average molecular weight is 262 g/mol. The van der Waals surface area contributed by atoms with Gasteiger partial charge in [0.2, 0.25) is 0 Å². The lowest BCUT2D eigenvalue weighted by Crippen LogP contribution is -2.13. The van der Waals surface area contributed by atoms with E-state index in [9.17, 15) is 8.42 Å². The van der Waals surface area contributed by atoms with Gasteiger partial charge in [-0.2, -0.15) is 0 Å². The lowest BCUT2D eigenvalue weighted by molar-refractivity contribution is 0.0235. The molecule has 0 aliphatic rings. The van der Waals surface area contributed by atoms with Gasteiger partial charge < -0.3 is 14.2 Å². The minimum atomic E-state index is -3.17. The number of rotatable bonds is 11. The number of hydrogen-bond acceptors (Lipinski definition) is 5. The van der Waals surface area contributed by atoms with Crippen LogP contribution in [-0.2, 0) is 24.0 Å². The molecule has 17 heavy (non-hydrogen) atoms. The van der Waals surface area contributed by atoms with Crippen LogP contribution < -0.4 is 0 Å². The largest absolute Gasteiger partial charge is 0.378 e. The van der Waals surface area contributed by atoms with Gasteiger partial charge >= 0.3 is 0 Å². The Morgan fingerprint density at radius 3 is 2.12 bits per heavy atom. The topological polar surface area (TPSA) is 61.8 Å². The van der Waals surface area contributed by atoms with Gasteiger partial charge in [0.25, 0.3) is 0 Å². The van der Waals surface area contributed by atoms with E-state index in [2.05, 4.69) is 12.5 Å². The van der Waals surface area contributed by atoms with E-state index in [1.165, 1.54) is 0 Å². The second kappa shape index (κ2) is 10.3. The van der Waals surface area contributed by atoms with Crippen molar-refractivity contribution in [2.24, 2.45) is 0 Å². The standard InChI is InChI=1S/C11H18O5S/c1-3-5-14-6-7-15-8-9-16-10-11-17(12,13)4-2/h1,4H,2,5-11H2. The summed E-state index contributed by atoms with van der Waals surface area (Å²) in [5.41, 5.74) is 0. The normalized spacial score (nSPS) is 11.0. The Hall–Kier alpha value is -0.870. The fraction of sp³-hybridized carbons (Fsp3) is 0.636. The molecule has 0 N–H and O–H groups in total. The fourth-order valence-electron chi connectivity index (χ4n) is 0.829. The summed E-state index contributed by atoms with van der Waals surface area (Å²) in [7, 11) is -3.17. The maximum Gasteiger partial charge on any atom is 0.173 e. The van der Waals surface area contributed by atoms with Crippen LogP contribution in [0.4, 0.5) is 0 Å². The Labute approximate surface area is 103 Å². The molecule has 0 bridgehead atoms. The molecule has 0 rings (SSSR count). The summed E-state index contributed by atoms with van der Waals surface area (Å²) in [5, 5.41) is 0.926. The van der Waals surface area contributed by atoms with Crippen LogP contribution in [0.1, 0.15) is 0 Å². The van der Waals surface area contributed by atoms with Gasteiger partial charge in [-0.15, -0.1) is 6.42 Å². The Morgan fingerprint density at radius 2 is 1.59 bits per heavy atom. The molecule has 98 valence electrons. The van der Waals surface area contributed by atoms with Crippen molar-refractivity contribution in [2.75, 3.05) is 45.4 Å². The smallest absolute Gasteiger partial charge is 0.173 e. The van der Waals surface area contributed by atoms with Crippen molar-refractivity contribution in [3.05, 3.63) is 12.0 Å². The highest BCUT2D eigenvalue weighted by atomic mass is 32.2. The van der Waals surface area contributed by atoms with E-state index < -0.39 is 9.84 Å². The Balaban J connectivity index is 3.20. The van der Waals surface area contributed by atoms with Gasteiger partial charge in [-0.25, -0.2) is 8.42 Å². The van der Waals surface area contributed by atoms with Crippen molar-refractivity contribution in [3.63, 3.8) is 0 Å². The molecule has 6 heteroatoms. The number of sulfone groups is 1. The van der Waals surface area contributed by atoms with Gasteiger partial charge in [-0.1, -0.05) is 12.5 Å². The molecular weight excluding hydrogens is 244 g/mol. The molecule has 0 aromatic carbocycles. The van der Waals surface area contributed by atoms with Gasteiger partial charge in [-0.05, 0) is 0 Å². The molecule has 0 aromatic rings. The Bertz CT molecular complexity index is 328. The minimum Gasteiger partial charge on any atom is -0.378 e. The first-order chi connectivity index (χ1) is 8.12. The summed E-state index contributed by atoms with van der Waals surface area (Å²) < 4.78 is 37.1. The third kappa shape index (κ3) is 11.4. The molecule has 0 aliphatic carbocycles. The summed E-state index contributed by atoms with van der Waals surface area (Å²) >= 11 is 0. The van der Waals surface area contributed by atoms with Crippen molar-refractivity contribution >= 4 is 9.84 Å². The van der Waals surface area contributed by atoms with Crippen LogP contribution in [0.15, 0.2) is 12.0 Å². The molecule has 0 saturated heterocycles. The van der Waals surface area contributed by atoms with Gasteiger partial charge in [-0.3, -0.25) is 0 Å². The Morgan fingerprint density at radius 1 is 1.06 bits per heavy atom. The van der Waals surface area contributed by atoms with Crippen LogP contribution in [-0.4, -0.2) is 53.8 Å². The third-order valence-electron chi connectivity index (χ3n) is 1.70. The zero-order chi connectivity index (χ0) is 13.0. The van der Waals surface area contributed by atoms with Crippen molar-refractivity contribution in [2.45, 2.75) is 0 Å². The number of ether oxygens (including phenoxy) is 3. The fourth-order valence-corrected chi connectivity index (χ4v) is 1.35. The zero-order valence-electron chi connectivity index (χ0n) is 9.76. The highest BCUT2D eigenvalue weighted by molar-refractivity contribution is 7.94. The second-order valence-corrected chi connectivity index (χ2v) is 5.08. The van der Waals surface area contributed by atoms with Crippen molar-refractivity contribution in [1.82, 2.24) is 0 Å². The zero-order valence-corrected chi connectivity index (χ0v) is 10.6. The highest BCUT2D eigenvalue weighted by Crippen LogP contribution is 1.90. The van der Waals surface area contributed by atoms with Gasteiger partial charge in [0.15, 0.2) is 9.84 Å². The van der Waals surface area contributed by atoms with Gasteiger partial charge in [0.05, 0.1) is 38.8 Å². The summed E-state index contributed by atoms with van der Waals surface area (Å²) in [6.45, 7) is 5.25. The number of hydrogen-bond donors (Lipinski definition) is 0. The SMILES string of the molecule is C#CCOCCOCCOCCS(=O)(=O)C=C. The quantitative estimate of drug-likeness (QED) is 0.394. The molecule has 5 nitrogen and oxygen atoms in total. The summed E-state index contributed by atoms with van der Waals surface area (Å²) in [5.74, 6) is 2.28. The molecule has 0 atom stereocenters. The molecule has 0 amide bonds. The van der Waals surface area contributed by atoms with Crippen LogP contribution in [0.25, 0.3) is 0 Å². The summed E-state index contributed by atoms with van der Waals surface area (Å²) in [6, 6.07) is 0. The van der Waals surface area contributed by atoms with Gasteiger partial charge in [0.1, 0.15) is 6.61 Å². The van der Waals surface area contributed by atoms with E-state index in [1.807, 2.05) is 0 Å². The first-order valence-corrected chi connectivity index (χ1v) is 6.86. The van der Waals surface area contributed by atoms with Gasteiger partial charge in [0, 0.05) is 5.41 Å². The predicted molar refractivity (Wildman–Crippen MR) is 65.3 cm³/mol. The molecule has 0 heterocycles. The van der Waals surface area contributed by atoms with Crippen LogP contribution in [0.2, 0.25) is 0 Å². The molecule has 0 aliphatic heterocycles. The molecule has 0 fully saturated rings. The maximum absolute atomic E-state index is 11.0. The summed E-state index contributed by atoms with van der Waals surface area (Å²) in [4.78, 5) is 0. The number of terminal acetylenes is 1. The highest BCUT2D eigenvalue weighted by Gasteiger charge is 2.03. The van der Waals surface area contributed by atoms with E-state index in [0.717, 1.165) is 5.41 Å². The van der Waals surface area contributed by atoms with E-state index >= 15 is 0 Å². The van der Waals surface area contributed by atoms with Crippen LogP contribution >= 0.6 is 0 Å². The molecule has 0 unspecified atom stereocenters. The lowest BCUT2D eigenvalue weighted by Gasteiger charge is -2.05. The van der Waals surface area contributed by atoms with Crippen molar-refractivity contribution in [1.29, 1.82) is 0 Å². The maximum atomic E-state index is 11.0. The second-order valence-electron chi connectivity index (χ2n) is 3.02. The molecule has 0 aromatic heterocycles. The van der Waals surface area contributed by atoms with Crippen molar-refractivity contribution < 1.29 is 22.6 Å². The van der Waals surface area contributed by atoms with E-state index in [0.29, 0.717) is 26.4 Å².